The lowest BCUT2D eigenvalue weighted by atomic mass is 10.0. The zero-order valence-corrected chi connectivity index (χ0v) is 22.5. The molecule has 4 aromatic rings. The van der Waals surface area contributed by atoms with Crippen LogP contribution in [0.25, 0.3) is 11.1 Å². The quantitative estimate of drug-likeness (QED) is 0.117. The van der Waals surface area contributed by atoms with Crippen molar-refractivity contribution in [3.05, 3.63) is 95.9 Å². The third-order valence-electron chi connectivity index (χ3n) is 5.10. The van der Waals surface area contributed by atoms with Gasteiger partial charge in [0.25, 0.3) is 0 Å². The summed E-state index contributed by atoms with van der Waals surface area (Å²) >= 11 is 8.11. The Labute approximate surface area is 229 Å². The first kappa shape index (κ1) is 26.4. The van der Waals surface area contributed by atoms with Gasteiger partial charge in [-0.2, -0.15) is 0 Å². The molecule has 188 valence electrons. The van der Waals surface area contributed by atoms with Crippen molar-refractivity contribution in [2.45, 2.75) is 11.8 Å². The maximum absolute atomic E-state index is 12.8. The second-order valence-corrected chi connectivity index (χ2v) is 10.1. The number of esters is 1. The van der Waals surface area contributed by atoms with Gasteiger partial charge in [-0.05, 0) is 55.0 Å². The molecule has 0 bridgehead atoms. The normalized spacial score (nSPS) is 10.4. The molecular weight excluding hydrogens is 523 g/mol. The van der Waals surface area contributed by atoms with Gasteiger partial charge in [0.2, 0.25) is 5.91 Å². The monoisotopic (exact) mass is 547 g/mol. The second kappa shape index (κ2) is 13.0. The number of carbonyl (C=O) groups is 2. The summed E-state index contributed by atoms with van der Waals surface area (Å²) in [4.78, 5) is 26.4. The molecule has 0 spiro atoms. The number of ether oxygens (including phenoxy) is 1. The van der Waals surface area contributed by atoms with E-state index in [1.54, 1.807) is 6.92 Å². The summed E-state index contributed by atoms with van der Waals surface area (Å²) < 4.78 is 5.27. The Morgan fingerprint density at radius 1 is 0.892 bits per heavy atom. The number of hydrogen-bond acceptors (Lipinski definition) is 6. The predicted molar refractivity (Wildman–Crippen MR) is 158 cm³/mol. The molecule has 37 heavy (non-hydrogen) atoms. The fourth-order valence-corrected chi connectivity index (χ4v) is 5.44. The van der Waals surface area contributed by atoms with E-state index in [0.29, 0.717) is 15.7 Å². The van der Waals surface area contributed by atoms with Crippen molar-refractivity contribution < 1.29 is 14.3 Å². The Hall–Kier alpha value is -3.66. The number of thiocarbonyl (C=S) groups is 1. The molecule has 4 rings (SSSR count). The molecule has 3 aromatic carbocycles. The van der Waals surface area contributed by atoms with Crippen LogP contribution in [0.15, 0.2) is 95.2 Å². The summed E-state index contributed by atoms with van der Waals surface area (Å²) in [6.45, 7) is 2.01. The average molecular weight is 548 g/mol. The van der Waals surface area contributed by atoms with Gasteiger partial charge >= 0.3 is 5.97 Å². The van der Waals surface area contributed by atoms with Crippen LogP contribution in [0, 0.1) is 0 Å². The first-order valence-electron chi connectivity index (χ1n) is 11.5. The number of thiophene rings is 1. The highest BCUT2D eigenvalue weighted by Crippen LogP contribution is 2.36. The molecule has 1 aromatic heterocycles. The third kappa shape index (κ3) is 7.42. The largest absolute Gasteiger partial charge is 0.462 e. The molecule has 9 heteroatoms. The Kier molecular flexibility index (Phi) is 9.31. The van der Waals surface area contributed by atoms with Gasteiger partial charge in [0.15, 0.2) is 5.11 Å². The van der Waals surface area contributed by atoms with Crippen LogP contribution in [0.4, 0.5) is 16.4 Å². The molecule has 0 atom stereocenters. The van der Waals surface area contributed by atoms with E-state index in [9.17, 15) is 9.59 Å². The molecule has 3 N–H and O–H groups in total. The van der Waals surface area contributed by atoms with E-state index >= 15 is 0 Å². The summed E-state index contributed by atoms with van der Waals surface area (Å²) in [6, 6.07) is 26.9. The number of hydrogen-bond donors (Lipinski definition) is 3. The smallest absolute Gasteiger partial charge is 0.341 e. The Balaban J connectivity index is 1.38. The van der Waals surface area contributed by atoms with E-state index in [4.69, 9.17) is 17.0 Å². The number of amides is 1. The lowest BCUT2D eigenvalue weighted by Gasteiger charge is -2.11. The number of anilines is 3. The van der Waals surface area contributed by atoms with Crippen molar-refractivity contribution in [3.8, 4) is 11.1 Å². The molecule has 0 saturated carbocycles. The van der Waals surface area contributed by atoms with E-state index in [-0.39, 0.29) is 18.3 Å². The first-order chi connectivity index (χ1) is 18.0. The van der Waals surface area contributed by atoms with Crippen LogP contribution in [0.3, 0.4) is 0 Å². The van der Waals surface area contributed by atoms with Gasteiger partial charge in [-0.1, -0.05) is 54.6 Å². The predicted octanol–water partition coefficient (Wildman–Crippen LogP) is 7.13. The van der Waals surface area contributed by atoms with Crippen molar-refractivity contribution in [3.63, 3.8) is 0 Å². The highest BCUT2D eigenvalue weighted by Gasteiger charge is 2.22. The van der Waals surface area contributed by atoms with E-state index in [0.717, 1.165) is 27.4 Å². The van der Waals surface area contributed by atoms with Crippen molar-refractivity contribution in [1.29, 1.82) is 0 Å². The SMILES string of the molecule is CCOC(=O)c1c(-c2ccccc2)csc1NC(=O)CSc1cccc(NC(=S)Nc2ccccc2)c1. The number of thioether (sulfide) groups is 1. The Morgan fingerprint density at radius 2 is 1.57 bits per heavy atom. The van der Waals surface area contributed by atoms with Gasteiger partial charge in [-0.25, -0.2) is 4.79 Å². The van der Waals surface area contributed by atoms with Crippen LogP contribution in [0.2, 0.25) is 0 Å². The van der Waals surface area contributed by atoms with E-state index in [1.165, 1.54) is 23.1 Å². The maximum Gasteiger partial charge on any atom is 0.341 e. The molecule has 1 heterocycles. The minimum Gasteiger partial charge on any atom is -0.462 e. The third-order valence-corrected chi connectivity index (χ3v) is 7.20. The van der Waals surface area contributed by atoms with Crippen LogP contribution >= 0.6 is 35.3 Å². The molecule has 0 fully saturated rings. The van der Waals surface area contributed by atoms with Crippen LogP contribution < -0.4 is 16.0 Å². The molecule has 6 nitrogen and oxygen atoms in total. The second-order valence-electron chi connectivity index (χ2n) is 7.75. The molecule has 0 unspecified atom stereocenters. The molecule has 0 radical (unpaired) electrons. The Morgan fingerprint density at radius 3 is 2.30 bits per heavy atom. The number of nitrogens with one attached hydrogen (secondary N) is 3. The van der Waals surface area contributed by atoms with E-state index in [2.05, 4.69) is 16.0 Å². The number of carbonyl (C=O) groups excluding carboxylic acids is 2. The van der Waals surface area contributed by atoms with Crippen molar-refractivity contribution >= 4 is 68.7 Å². The summed E-state index contributed by atoms with van der Waals surface area (Å²) in [7, 11) is 0. The topological polar surface area (TPSA) is 79.5 Å². The van der Waals surface area contributed by atoms with Crippen molar-refractivity contribution in [2.75, 3.05) is 28.3 Å². The number of rotatable bonds is 9. The van der Waals surface area contributed by atoms with Crippen molar-refractivity contribution in [2.24, 2.45) is 0 Å². The standard InChI is InChI=1S/C28H25N3O3S3/c1-2-34-27(33)25-23(19-10-5-3-6-11-19)17-37-26(25)31-24(32)18-36-22-15-9-14-21(16-22)30-28(35)29-20-12-7-4-8-13-20/h3-17H,2,18H2,1H3,(H,31,32)(H2,29,30,35). The summed E-state index contributed by atoms with van der Waals surface area (Å²) in [5, 5.41) is 12.0. The molecule has 1 amide bonds. The van der Waals surface area contributed by atoms with Crippen LogP contribution in [0.1, 0.15) is 17.3 Å². The van der Waals surface area contributed by atoms with Crippen LogP contribution in [-0.4, -0.2) is 29.3 Å². The van der Waals surface area contributed by atoms with Gasteiger partial charge in [-0.3, -0.25) is 4.79 Å². The first-order valence-corrected chi connectivity index (χ1v) is 13.8. The van der Waals surface area contributed by atoms with Crippen LogP contribution in [0.5, 0.6) is 0 Å². The average Bonchev–Trinajstić information content (AvgIpc) is 3.32. The lowest BCUT2D eigenvalue weighted by molar-refractivity contribution is -0.113. The van der Waals surface area contributed by atoms with Gasteiger partial charge < -0.3 is 20.7 Å². The number of benzene rings is 3. The molecular formula is C28H25N3O3S3. The fraction of sp³-hybridized carbons (Fsp3) is 0.107. The minimum absolute atomic E-state index is 0.178. The number of para-hydroxylation sites is 1. The van der Waals surface area contributed by atoms with Gasteiger partial charge in [0, 0.05) is 27.2 Å². The van der Waals surface area contributed by atoms with Gasteiger partial charge in [-0.15, -0.1) is 23.1 Å². The summed E-state index contributed by atoms with van der Waals surface area (Å²) in [6.07, 6.45) is 0. The minimum atomic E-state index is -0.454. The molecule has 0 saturated heterocycles. The highest BCUT2D eigenvalue weighted by atomic mass is 32.2. The lowest BCUT2D eigenvalue weighted by Crippen LogP contribution is -2.19. The zero-order valence-electron chi connectivity index (χ0n) is 20.0. The Bertz CT molecular complexity index is 1380. The van der Waals surface area contributed by atoms with Gasteiger partial charge in [0.05, 0.1) is 12.4 Å². The summed E-state index contributed by atoms with van der Waals surface area (Å²) in [5.41, 5.74) is 3.72. The van der Waals surface area contributed by atoms with E-state index in [1.807, 2.05) is 90.3 Å². The molecule has 0 aliphatic heterocycles. The summed E-state index contributed by atoms with van der Waals surface area (Å²) in [5.74, 6) is -0.488. The molecule has 0 aliphatic rings. The van der Waals surface area contributed by atoms with Crippen LogP contribution in [-0.2, 0) is 9.53 Å². The molecule has 0 aliphatic carbocycles. The highest BCUT2D eigenvalue weighted by molar-refractivity contribution is 8.00. The fourth-order valence-electron chi connectivity index (χ4n) is 3.48. The zero-order chi connectivity index (χ0) is 26.0. The van der Waals surface area contributed by atoms with Crippen molar-refractivity contribution in [1.82, 2.24) is 0 Å². The van der Waals surface area contributed by atoms with E-state index < -0.39 is 5.97 Å². The van der Waals surface area contributed by atoms with Gasteiger partial charge in [0.1, 0.15) is 10.6 Å². The maximum atomic E-state index is 12.8.